The van der Waals surface area contributed by atoms with E-state index in [9.17, 15) is 0 Å². The summed E-state index contributed by atoms with van der Waals surface area (Å²) >= 11 is 0. The maximum absolute atomic E-state index is 2.86. The molecule has 6 heteroatoms. The largest absolute Gasteiger partial charge is 0.368 e. The van der Waals surface area contributed by atoms with Crippen molar-refractivity contribution in [2.45, 2.75) is 0 Å². The van der Waals surface area contributed by atoms with Crippen molar-refractivity contribution in [3.63, 3.8) is 0 Å². The molecule has 6 aromatic rings. The molecule has 0 amide bonds. The highest BCUT2D eigenvalue weighted by atomic mass is 14.6. The van der Waals surface area contributed by atoms with Crippen molar-refractivity contribution in [2.24, 2.45) is 0 Å². The maximum Gasteiger partial charge on any atom is 0.000496 e. The Morgan fingerprint density at radius 1 is 0.167 bits per heavy atom. The maximum atomic E-state index is 2.86. The van der Waals surface area contributed by atoms with Crippen LogP contribution in [-0.2, 0) is 0 Å². The summed E-state index contributed by atoms with van der Waals surface area (Å²) in [6, 6.07) is 23.3. The van der Waals surface area contributed by atoms with Crippen LogP contribution < -0.4 is 0 Å². The lowest BCUT2D eigenvalue weighted by atomic mass is 10.7. The second-order valence-corrected chi connectivity index (χ2v) is 5.31. The number of nitrogens with one attached hydrogen (secondary N) is 6. The molecule has 6 N–H and O–H groups in total. The van der Waals surface area contributed by atoms with Gasteiger partial charge in [0.15, 0.2) is 0 Å². The third kappa shape index (κ3) is 18.5. The number of H-pyrrole nitrogens is 6. The van der Waals surface area contributed by atoms with Crippen molar-refractivity contribution in [3.8, 4) is 0 Å². The molecule has 0 saturated heterocycles. The summed E-state index contributed by atoms with van der Waals surface area (Å²) in [5.74, 6) is 0. The minimum Gasteiger partial charge on any atom is -0.368 e. The highest BCUT2D eigenvalue weighted by Gasteiger charge is 1.58. The van der Waals surface area contributed by atoms with Crippen molar-refractivity contribution in [1.82, 2.24) is 29.9 Å². The summed E-state index contributed by atoms with van der Waals surface area (Å²) in [6.45, 7) is 0. The molecule has 0 bridgehead atoms. The minimum atomic E-state index is 1.88. The van der Waals surface area contributed by atoms with E-state index in [1.807, 2.05) is 147 Å². The van der Waals surface area contributed by atoms with Crippen LogP contribution in [0.4, 0.5) is 0 Å². The van der Waals surface area contributed by atoms with Crippen molar-refractivity contribution in [1.29, 1.82) is 0 Å². The normalized spacial score (nSPS) is 8.00. The Morgan fingerprint density at radius 2 is 0.267 bits per heavy atom. The summed E-state index contributed by atoms with van der Waals surface area (Å²) in [5, 5.41) is 0. The van der Waals surface area contributed by atoms with Gasteiger partial charge in [-0.2, -0.15) is 0 Å². The van der Waals surface area contributed by atoms with Crippen LogP contribution in [0.5, 0.6) is 0 Å². The van der Waals surface area contributed by atoms with Crippen molar-refractivity contribution in [2.75, 3.05) is 0 Å². The lowest BCUT2D eigenvalue weighted by Gasteiger charge is -1.49. The second kappa shape index (κ2) is 21.0. The van der Waals surface area contributed by atoms with Gasteiger partial charge >= 0.3 is 0 Å². The van der Waals surface area contributed by atoms with Gasteiger partial charge in [-0.1, -0.05) is 0 Å². The fraction of sp³-hybridized carbons (Fsp3) is 0. The summed E-state index contributed by atoms with van der Waals surface area (Å²) in [7, 11) is 0. The zero-order chi connectivity index (χ0) is 21.2. The Hall–Kier alpha value is -4.32. The summed E-state index contributed by atoms with van der Waals surface area (Å²) in [4.78, 5) is 17.2. The molecule has 6 heterocycles. The van der Waals surface area contributed by atoms with Crippen molar-refractivity contribution >= 4 is 0 Å². The van der Waals surface area contributed by atoms with E-state index in [4.69, 9.17) is 0 Å². The van der Waals surface area contributed by atoms with Gasteiger partial charge in [0.05, 0.1) is 0 Å². The number of hydrogen-bond donors (Lipinski definition) is 6. The first-order valence-electron chi connectivity index (χ1n) is 9.46. The van der Waals surface area contributed by atoms with Crippen LogP contribution in [0.2, 0.25) is 0 Å². The van der Waals surface area contributed by atoms with Crippen molar-refractivity contribution in [3.05, 3.63) is 147 Å². The van der Waals surface area contributed by atoms with Crippen LogP contribution in [0.1, 0.15) is 0 Å². The molecule has 0 unspecified atom stereocenters. The molecular weight excluding hydrogens is 372 g/mol. The number of rotatable bonds is 0. The topological polar surface area (TPSA) is 94.7 Å². The Kier molecular flexibility index (Phi) is 16.6. The molecule has 6 nitrogen and oxygen atoms in total. The van der Waals surface area contributed by atoms with Gasteiger partial charge in [-0.15, -0.1) is 0 Å². The monoisotopic (exact) mass is 402 g/mol. The smallest absolute Gasteiger partial charge is 0.000496 e. The standard InChI is InChI=1S/6C4H5N/c6*1-2-4-5-3-1/h6*1-5H. The van der Waals surface area contributed by atoms with E-state index in [0.29, 0.717) is 0 Å². The summed E-state index contributed by atoms with van der Waals surface area (Å²) in [6.07, 6.45) is 22.5. The van der Waals surface area contributed by atoms with E-state index in [1.54, 1.807) is 0 Å². The molecule has 0 fully saturated rings. The third-order valence-corrected chi connectivity index (χ3v) is 2.98. The Labute approximate surface area is 177 Å². The highest BCUT2D eigenvalue weighted by molar-refractivity contribution is 4.87. The third-order valence-electron chi connectivity index (χ3n) is 2.98. The lowest BCUT2D eigenvalue weighted by Crippen LogP contribution is -1.38. The zero-order valence-electron chi connectivity index (χ0n) is 16.9. The van der Waals surface area contributed by atoms with Gasteiger partial charge in [0, 0.05) is 74.4 Å². The van der Waals surface area contributed by atoms with Gasteiger partial charge in [0.2, 0.25) is 0 Å². The van der Waals surface area contributed by atoms with Crippen LogP contribution in [-0.4, -0.2) is 29.9 Å². The molecule has 0 aliphatic carbocycles. The molecule has 0 aliphatic heterocycles. The van der Waals surface area contributed by atoms with Gasteiger partial charge in [-0.25, -0.2) is 0 Å². The second-order valence-electron chi connectivity index (χ2n) is 5.31. The highest BCUT2D eigenvalue weighted by Crippen LogP contribution is 1.74. The quantitative estimate of drug-likeness (QED) is 0.177. The molecule has 0 radical (unpaired) electrons. The molecule has 0 spiro atoms. The molecule has 156 valence electrons. The van der Waals surface area contributed by atoms with E-state index in [1.165, 1.54) is 0 Å². The molecule has 30 heavy (non-hydrogen) atoms. The van der Waals surface area contributed by atoms with E-state index < -0.39 is 0 Å². The Morgan fingerprint density at radius 3 is 0.300 bits per heavy atom. The first kappa shape index (κ1) is 23.7. The first-order chi connectivity index (χ1) is 15.0. The number of aromatic amines is 6. The molecule has 0 aromatic carbocycles. The SMILES string of the molecule is c1cc[nH]c1.c1cc[nH]c1.c1cc[nH]c1.c1cc[nH]c1.c1cc[nH]c1.c1cc[nH]c1. The zero-order valence-corrected chi connectivity index (χ0v) is 16.9. The van der Waals surface area contributed by atoms with Crippen LogP contribution in [0.25, 0.3) is 0 Å². The average molecular weight is 403 g/mol. The number of hydrogen-bond acceptors (Lipinski definition) is 0. The van der Waals surface area contributed by atoms with Crippen LogP contribution >= 0.6 is 0 Å². The van der Waals surface area contributed by atoms with Gasteiger partial charge in [0.1, 0.15) is 0 Å². The molecule has 0 aliphatic rings. The van der Waals surface area contributed by atoms with E-state index in [0.717, 1.165) is 0 Å². The first-order valence-corrected chi connectivity index (χ1v) is 9.46. The van der Waals surface area contributed by atoms with Crippen LogP contribution in [0.15, 0.2) is 147 Å². The molecule has 0 atom stereocenters. The Bertz CT molecular complexity index is 564. The molecule has 6 aromatic heterocycles. The molecule has 6 rings (SSSR count). The van der Waals surface area contributed by atoms with Crippen LogP contribution in [0.3, 0.4) is 0 Å². The summed E-state index contributed by atoms with van der Waals surface area (Å²) < 4.78 is 0. The van der Waals surface area contributed by atoms with Gasteiger partial charge in [0.25, 0.3) is 0 Å². The molecule has 0 saturated carbocycles. The summed E-state index contributed by atoms with van der Waals surface area (Å²) in [5.41, 5.74) is 0. The van der Waals surface area contributed by atoms with Gasteiger partial charge in [-0.05, 0) is 72.8 Å². The fourth-order valence-electron chi connectivity index (χ4n) is 1.67. The average Bonchev–Trinajstić information content (AvgIpc) is 3.69. The van der Waals surface area contributed by atoms with Gasteiger partial charge in [-0.3, -0.25) is 0 Å². The van der Waals surface area contributed by atoms with E-state index in [2.05, 4.69) is 29.9 Å². The predicted molar refractivity (Wildman–Crippen MR) is 125 cm³/mol. The van der Waals surface area contributed by atoms with Gasteiger partial charge < -0.3 is 29.9 Å². The Balaban J connectivity index is 0.000000180. The fourth-order valence-corrected chi connectivity index (χ4v) is 1.67. The number of aromatic nitrogens is 6. The lowest BCUT2D eigenvalue weighted by molar-refractivity contribution is 1.41. The van der Waals surface area contributed by atoms with Crippen LogP contribution in [0, 0.1) is 0 Å². The van der Waals surface area contributed by atoms with Crippen molar-refractivity contribution < 1.29 is 0 Å². The van der Waals surface area contributed by atoms with E-state index in [-0.39, 0.29) is 0 Å². The van der Waals surface area contributed by atoms with E-state index >= 15 is 0 Å². The molecular formula is C24H30N6. The minimum absolute atomic E-state index is 1.88. The predicted octanol–water partition coefficient (Wildman–Crippen LogP) is 6.09.